The van der Waals surface area contributed by atoms with Crippen LogP contribution in [-0.4, -0.2) is 37.4 Å². The van der Waals surface area contributed by atoms with E-state index in [4.69, 9.17) is 21.1 Å². The Hall–Kier alpha value is -3.26. The van der Waals surface area contributed by atoms with Crippen LogP contribution in [0.2, 0.25) is 5.02 Å². The molecule has 0 unspecified atom stereocenters. The monoisotopic (exact) mass is 391 g/mol. The number of amides is 2. The van der Waals surface area contributed by atoms with Crippen molar-refractivity contribution < 1.29 is 24.2 Å². The molecule has 0 saturated carbocycles. The van der Waals surface area contributed by atoms with E-state index in [1.54, 1.807) is 31.4 Å². The summed E-state index contributed by atoms with van der Waals surface area (Å²) in [6.45, 7) is 0.185. The lowest BCUT2D eigenvalue weighted by Gasteiger charge is -2.06. The summed E-state index contributed by atoms with van der Waals surface area (Å²) in [6, 6.07) is 9.96. The number of carbonyl (C=O) groups excluding carboxylic acids is 2. The van der Waals surface area contributed by atoms with Crippen molar-refractivity contribution in [2.45, 2.75) is 6.54 Å². The highest BCUT2D eigenvalue weighted by atomic mass is 35.5. The molecule has 0 bridgehead atoms. The van der Waals surface area contributed by atoms with Crippen molar-refractivity contribution in [3.63, 3.8) is 0 Å². The van der Waals surface area contributed by atoms with Crippen LogP contribution in [0, 0.1) is 0 Å². The van der Waals surface area contributed by atoms with Crippen LogP contribution >= 0.6 is 11.6 Å². The number of hydrazone groups is 1. The number of carbonyl (C=O) groups is 2. The molecule has 2 aromatic rings. The summed E-state index contributed by atoms with van der Waals surface area (Å²) in [5.41, 5.74) is 3.39. The van der Waals surface area contributed by atoms with Crippen molar-refractivity contribution in [3.8, 4) is 17.2 Å². The molecular weight excluding hydrogens is 374 g/mol. The number of hydrogen-bond acceptors (Lipinski definition) is 6. The van der Waals surface area contributed by atoms with Gasteiger partial charge in [0.1, 0.15) is 5.75 Å². The third kappa shape index (κ3) is 5.61. The fourth-order valence-electron chi connectivity index (χ4n) is 2.05. The second-order valence-corrected chi connectivity index (χ2v) is 5.69. The van der Waals surface area contributed by atoms with Gasteiger partial charge in [0.15, 0.2) is 11.5 Å². The molecule has 2 rings (SSSR count). The highest BCUT2D eigenvalue weighted by Crippen LogP contribution is 2.34. The number of phenolic OH excluding ortho intramolecular Hbond substituents is 1. The molecule has 142 valence electrons. The van der Waals surface area contributed by atoms with Gasteiger partial charge >= 0.3 is 11.8 Å². The minimum atomic E-state index is -0.920. The van der Waals surface area contributed by atoms with E-state index >= 15 is 0 Å². The summed E-state index contributed by atoms with van der Waals surface area (Å²) in [4.78, 5) is 23.5. The second kappa shape index (κ2) is 9.44. The number of hydrogen-bond donors (Lipinski definition) is 3. The zero-order valence-corrected chi connectivity index (χ0v) is 15.4. The maximum Gasteiger partial charge on any atom is 0.329 e. The van der Waals surface area contributed by atoms with Crippen LogP contribution in [0.4, 0.5) is 0 Å². The molecule has 3 N–H and O–H groups in total. The van der Waals surface area contributed by atoms with Gasteiger partial charge in [0.05, 0.1) is 25.5 Å². The molecule has 0 aromatic heterocycles. The Balaban J connectivity index is 1.88. The van der Waals surface area contributed by atoms with E-state index in [2.05, 4.69) is 15.8 Å². The SMILES string of the molecule is COc1ccc(CNC(=O)C(=O)N/N=C\c2cc(Cl)c(O)c(OC)c2)cc1. The molecule has 0 aliphatic carbocycles. The van der Waals surface area contributed by atoms with Gasteiger partial charge in [-0.3, -0.25) is 9.59 Å². The van der Waals surface area contributed by atoms with Crippen LogP contribution in [0.1, 0.15) is 11.1 Å². The van der Waals surface area contributed by atoms with E-state index < -0.39 is 11.8 Å². The van der Waals surface area contributed by atoms with Gasteiger partial charge in [0.25, 0.3) is 0 Å². The number of halogens is 1. The average Bonchev–Trinajstić information content (AvgIpc) is 2.68. The summed E-state index contributed by atoms with van der Waals surface area (Å²) in [7, 11) is 2.94. The molecule has 0 saturated heterocycles. The smallest absolute Gasteiger partial charge is 0.329 e. The summed E-state index contributed by atoms with van der Waals surface area (Å²) >= 11 is 5.86. The third-order valence-electron chi connectivity index (χ3n) is 3.47. The Morgan fingerprint density at radius 1 is 1.15 bits per heavy atom. The Morgan fingerprint density at radius 2 is 1.85 bits per heavy atom. The quantitative estimate of drug-likeness (QED) is 0.395. The third-order valence-corrected chi connectivity index (χ3v) is 3.76. The highest BCUT2D eigenvalue weighted by molar-refractivity contribution is 6.35. The number of nitrogens with one attached hydrogen (secondary N) is 2. The van der Waals surface area contributed by atoms with Gasteiger partial charge < -0.3 is 19.9 Å². The summed E-state index contributed by atoms with van der Waals surface area (Å²) < 4.78 is 10.0. The van der Waals surface area contributed by atoms with E-state index in [9.17, 15) is 14.7 Å². The van der Waals surface area contributed by atoms with Crippen molar-refractivity contribution >= 4 is 29.6 Å². The molecular formula is C18H18ClN3O5. The number of aromatic hydroxyl groups is 1. The molecule has 0 radical (unpaired) electrons. The highest BCUT2D eigenvalue weighted by Gasteiger charge is 2.12. The molecule has 2 amide bonds. The summed E-state index contributed by atoms with van der Waals surface area (Å²) in [6.07, 6.45) is 1.27. The predicted molar refractivity (Wildman–Crippen MR) is 100 cm³/mol. The fraction of sp³-hybridized carbons (Fsp3) is 0.167. The number of rotatable bonds is 6. The van der Waals surface area contributed by atoms with E-state index in [0.717, 1.165) is 5.56 Å². The van der Waals surface area contributed by atoms with Crippen LogP contribution in [0.25, 0.3) is 0 Å². The van der Waals surface area contributed by atoms with Crippen LogP contribution < -0.4 is 20.2 Å². The van der Waals surface area contributed by atoms with Gasteiger partial charge in [-0.1, -0.05) is 23.7 Å². The minimum absolute atomic E-state index is 0.0689. The zero-order chi connectivity index (χ0) is 19.8. The van der Waals surface area contributed by atoms with Gasteiger partial charge in [-0.15, -0.1) is 0 Å². The van der Waals surface area contributed by atoms with Crippen molar-refractivity contribution in [1.82, 2.24) is 10.7 Å². The number of nitrogens with zero attached hydrogens (tertiary/aromatic N) is 1. The second-order valence-electron chi connectivity index (χ2n) is 5.28. The van der Waals surface area contributed by atoms with Crippen molar-refractivity contribution in [2.24, 2.45) is 5.10 Å². The lowest BCUT2D eigenvalue weighted by Crippen LogP contribution is -2.37. The molecule has 0 spiro atoms. The Bertz CT molecular complexity index is 853. The summed E-state index contributed by atoms with van der Waals surface area (Å²) in [5, 5.41) is 15.9. The molecule has 0 fully saturated rings. The molecule has 0 aliphatic heterocycles. The van der Waals surface area contributed by atoms with Gasteiger partial charge in [0.2, 0.25) is 0 Å². The largest absolute Gasteiger partial charge is 0.503 e. The first-order valence-electron chi connectivity index (χ1n) is 7.75. The number of benzene rings is 2. The number of ether oxygens (including phenoxy) is 2. The van der Waals surface area contributed by atoms with Gasteiger partial charge in [-0.25, -0.2) is 5.43 Å². The first-order valence-corrected chi connectivity index (χ1v) is 8.13. The van der Waals surface area contributed by atoms with Gasteiger partial charge in [-0.05, 0) is 35.4 Å². The van der Waals surface area contributed by atoms with E-state index in [1.165, 1.54) is 25.5 Å². The maximum atomic E-state index is 11.8. The minimum Gasteiger partial charge on any atom is -0.503 e. The fourth-order valence-corrected chi connectivity index (χ4v) is 2.27. The first kappa shape index (κ1) is 20.1. The topological polar surface area (TPSA) is 109 Å². The average molecular weight is 392 g/mol. The van der Waals surface area contributed by atoms with Crippen LogP contribution in [-0.2, 0) is 16.1 Å². The van der Waals surface area contributed by atoms with Crippen LogP contribution in [0.3, 0.4) is 0 Å². The van der Waals surface area contributed by atoms with Crippen LogP contribution in [0.15, 0.2) is 41.5 Å². The molecule has 0 aliphatic rings. The van der Waals surface area contributed by atoms with Gasteiger partial charge in [0, 0.05) is 6.54 Å². The summed E-state index contributed by atoms with van der Waals surface area (Å²) in [5.74, 6) is -1.09. The standard InChI is InChI=1S/C18H18ClN3O5/c1-26-13-5-3-11(4-6-13)9-20-17(24)18(25)22-21-10-12-7-14(19)16(23)15(8-12)27-2/h3-8,10,23H,9H2,1-2H3,(H,20,24)(H,22,25)/b21-10-. The predicted octanol–water partition coefficient (Wildman–Crippen LogP) is 1.83. The molecule has 8 nitrogen and oxygen atoms in total. The van der Waals surface area contributed by atoms with Crippen molar-refractivity contribution in [1.29, 1.82) is 0 Å². The normalized spacial score (nSPS) is 10.5. The van der Waals surface area contributed by atoms with E-state index in [-0.39, 0.29) is 23.1 Å². The van der Waals surface area contributed by atoms with Crippen molar-refractivity contribution in [3.05, 3.63) is 52.5 Å². The lowest BCUT2D eigenvalue weighted by atomic mass is 10.2. The molecule has 9 heteroatoms. The zero-order valence-electron chi connectivity index (χ0n) is 14.7. The first-order chi connectivity index (χ1) is 12.9. The Kier molecular flexibility index (Phi) is 7.01. The van der Waals surface area contributed by atoms with E-state index in [1.807, 2.05) is 0 Å². The molecule has 27 heavy (non-hydrogen) atoms. The molecule has 2 aromatic carbocycles. The number of phenols is 1. The molecule has 0 heterocycles. The maximum absolute atomic E-state index is 11.8. The van der Waals surface area contributed by atoms with Crippen LogP contribution in [0.5, 0.6) is 17.2 Å². The Morgan fingerprint density at radius 3 is 2.48 bits per heavy atom. The van der Waals surface area contributed by atoms with Crippen molar-refractivity contribution in [2.75, 3.05) is 14.2 Å². The number of methoxy groups -OCH3 is 2. The molecule has 0 atom stereocenters. The van der Waals surface area contributed by atoms with E-state index in [0.29, 0.717) is 11.3 Å². The Labute approximate surface area is 160 Å². The van der Waals surface area contributed by atoms with Gasteiger partial charge in [-0.2, -0.15) is 5.10 Å². The lowest BCUT2D eigenvalue weighted by molar-refractivity contribution is -0.139.